The van der Waals surface area contributed by atoms with E-state index in [2.05, 4.69) is 5.32 Å². The van der Waals surface area contributed by atoms with Crippen LogP contribution >= 0.6 is 11.6 Å². The largest absolute Gasteiger partial charge is 0.497 e. The molecule has 0 bridgehead atoms. The number of ether oxygens (including phenoxy) is 1. The molecule has 5 nitrogen and oxygen atoms in total. The van der Waals surface area contributed by atoms with Crippen molar-refractivity contribution in [3.8, 4) is 5.75 Å². The number of sulfone groups is 1. The fraction of sp³-hybridized carbons (Fsp3) is 0.278. The van der Waals surface area contributed by atoms with Crippen LogP contribution in [0.5, 0.6) is 5.75 Å². The molecule has 0 heterocycles. The average molecular weight is 382 g/mol. The summed E-state index contributed by atoms with van der Waals surface area (Å²) in [6.07, 6.45) is 0.507. The molecule has 7 heteroatoms. The second-order valence-electron chi connectivity index (χ2n) is 5.44. The van der Waals surface area contributed by atoms with E-state index in [0.717, 1.165) is 5.56 Å². The lowest BCUT2D eigenvalue weighted by atomic mass is 10.1. The first-order valence-corrected chi connectivity index (χ1v) is 9.82. The summed E-state index contributed by atoms with van der Waals surface area (Å²) in [5.41, 5.74) is 0.940. The second kappa shape index (κ2) is 8.87. The number of hydrogen-bond donors (Lipinski definition) is 1. The first-order chi connectivity index (χ1) is 11.9. The Hall–Kier alpha value is -2.05. The SMILES string of the molecule is COc1ccc(S(=O)(=O)CCC(=O)NCCc2ccccc2Cl)cc1. The van der Waals surface area contributed by atoms with Gasteiger partial charge in [0, 0.05) is 18.0 Å². The molecule has 0 saturated heterocycles. The highest BCUT2D eigenvalue weighted by molar-refractivity contribution is 7.91. The van der Waals surface area contributed by atoms with Gasteiger partial charge in [0.2, 0.25) is 5.91 Å². The van der Waals surface area contributed by atoms with Crippen molar-refractivity contribution in [1.82, 2.24) is 5.32 Å². The van der Waals surface area contributed by atoms with Gasteiger partial charge in [0.25, 0.3) is 0 Å². The fourth-order valence-corrected chi connectivity index (χ4v) is 3.72. The summed E-state index contributed by atoms with van der Waals surface area (Å²) in [5, 5.41) is 3.37. The minimum atomic E-state index is -3.50. The number of benzene rings is 2. The van der Waals surface area contributed by atoms with Crippen LogP contribution in [0.3, 0.4) is 0 Å². The van der Waals surface area contributed by atoms with E-state index >= 15 is 0 Å². The van der Waals surface area contributed by atoms with Crippen LogP contribution < -0.4 is 10.1 Å². The molecule has 0 spiro atoms. The highest BCUT2D eigenvalue weighted by Gasteiger charge is 2.16. The molecule has 0 unspecified atom stereocenters. The van der Waals surface area contributed by atoms with Crippen molar-refractivity contribution in [2.45, 2.75) is 17.7 Å². The van der Waals surface area contributed by atoms with E-state index in [1.165, 1.54) is 19.2 Å². The smallest absolute Gasteiger partial charge is 0.221 e. The van der Waals surface area contributed by atoms with Crippen molar-refractivity contribution in [3.63, 3.8) is 0 Å². The Bertz CT molecular complexity index is 819. The van der Waals surface area contributed by atoms with Gasteiger partial charge in [0.1, 0.15) is 5.75 Å². The Kier molecular flexibility index (Phi) is 6.84. The molecule has 0 fully saturated rings. The van der Waals surface area contributed by atoms with E-state index in [-0.39, 0.29) is 23.0 Å². The molecule has 0 radical (unpaired) electrons. The molecule has 2 rings (SSSR count). The molecule has 0 aromatic heterocycles. The third-order valence-electron chi connectivity index (χ3n) is 3.69. The zero-order valence-corrected chi connectivity index (χ0v) is 15.4. The maximum atomic E-state index is 12.2. The van der Waals surface area contributed by atoms with Crippen LogP contribution in [0, 0.1) is 0 Å². The lowest BCUT2D eigenvalue weighted by Gasteiger charge is -2.08. The van der Waals surface area contributed by atoms with Crippen LogP contribution in [0.1, 0.15) is 12.0 Å². The molecule has 0 aliphatic rings. The summed E-state index contributed by atoms with van der Waals surface area (Å²) in [5.74, 6) is 0.0393. The maximum absolute atomic E-state index is 12.2. The predicted octanol–water partition coefficient (Wildman–Crippen LogP) is 2.87. The summed E-state index contributed by atoms with van der Waals surface area (Å²) in [6.45, 7) is 0.408. The molecular weight excluding hydrogens is 362 g/mol. The van der Waals surface area contributed by atoms with Crippen molar-refractivity contribution < 1.29 is 17.9 Å². The second-order valence-corrected chi connectivity index (χ2v) is 7.95. The van der Waals surface area contributed by atoms with E-state index in [1.807, 2.05) is 18.2 Å². The molecule has 134 valence electrons. The van der Waals surface area contributed by atoms with E-state index in [4.69, 9.17) is 16.3 Å². The van der Waals surface area contributed by atoms with Crippen molar-refractivity contribution in [1.29, 1.82) is 0 Å². The lowest BCUT2D eigenvalue weighted by Crippen LogP contribution is -2.27. The summed E-state index contributed by atoms with van der Waals surface area (Å²) in [4.78, 5) is 12.0. The number of rotatable bonds is 8. The minimum absolute atomic E-state index is 0.0864. The third kappa shape index (κ3) is 5.76. The van der Waals surface area contributed by atoms with E-state index in [9.17, 15) is 13.2 Å². The molecule has 0 aliphatic heterocycles. The minimum Gasteiger partial charge on any atom is -0.497 e. The summed E-state index contributed by atoms with van der Waals surface area (Å²) < 4.78 is 29.5. The molecule has 1 N–H and O–H groups in total. The van der Waals surface area contributed by atoms with Crippen LogP contribution in [0.4, 0.5) is 0 Å². The number of hydrogen-bond acceptors (Lipinski definition) is 4. The van der Waals surface area contributed by atoms with E-state index < -0.39 is 9.84 Å². The third-order valence-corrected chi connectivity index (χ3v) is 5.79. The van der Waals surface area contributed by atoms with Gasteiger partial charge in [-0.05, 0) is 42.3 Å². The summed E-state index contributed by atoms with van der Waals surface area (Å²) in [6, 6.07) is 13.5. The van der Waals surface area contributed by atoms with E-state index in [1.54, 1.807) is 18.2 Å². The molecule has 0 atom stereocenters. The van der Waals surface area contributed by atoms with Crippen molar-refractivity contribution >= 4 is 27.3 Å². The quantitative estimate of drug-likeness (QED) is 0.763. The fourth-order valence-electron chi connectivity index (χ4n) is 2.25. The van der Waals surface area contributed by atoms with E-state index in [0.29, 0.717) is 23.7 Å². The number of carbonyl (C=O) groups excluding carboxylic acids is 1. The van der Waals surface area contributed by atoms with Gasteiger partial charge in [0.05, 0.1) is 17.8 Å². The maximum Gasteiger partial charge on any atom is 0.221 e. The lowest BCUT2D eigenvalue weighted by molar-refractivity contribution is -0.120. The molecule has 0 aliphatic carbocycles. The molecule has 0 saturated carbocycles. The topological polar surface area (TPSA) is 72.5 Å². The first-order valence-electron chi connectivity index (χ1n) is 7.79. The standard InChI is InChI=1S/C18H20ClNO4S/c1-24-15-6-8-16(9-7-15)25(22,23)13-11-18(21)20-12-10-14-4-2-3-5-17(14)19/h2-9H,10-13H2,1H3,(H,20,21). The highest BCUT2D eigenvalue weighted by Crippen LogP contribution is 2.17. The number of amides is 1. The number of carbonyl (C=O) groups is 1. The average Bonchev–Trinajstić information content (AvgIpc) is 2.62. The first kappa shape index (κ1) is 19.3. The van der Waals surface area contributed by atoms with Crippen molar-refractivity contribution in [3.05, 3.63) is 59.1 Å². The zero-order chi connectivity index (χ0) is 18.3. The van der Waals surface area contributed by atoms with Gasteiger partial charge >= 0.3 is 0 Å². The Balaban J connectivity index is 1.81. The Morgan fingerprint density at radius 2 is 1.80 bits per heavy atom. The van der Waals surface area contributed by atoms with Gasteiger partial charge in [-0.25, -0.2) is 8.42 Å². The van der Waals surface area contributed by atoms with Gasteiger partial charge in [-0.1, -0.05) is 29.8 Å². The predicted molar refractivity (Wildman–Crippen MR) is 97.8 cm³/mol. The van der Waals surface area contributed by atoms with Gasteiger partial charge < -0.3 is 10.1 Å². The summed E-state index contributed by atoms with van der Waals surface area (Å²) >= 11 is 6.05. The Labute approximate surface area is 152 Å². The summed E-state index contributed by atoms with van der Waals surface area (Å²) in [7, 11) is -1.99. The van der Waals surface area contributed by atoms with Crippen molar-refractivity contribution in [2.24, 2.45) is 0 Å². The number of methoxy groups -OCH3 is 1. The van der Waals surface area contributed by atoms with Gasteiger partial charge in [-0.15, -0.1) is 0 Å². The highest BCUT2D eigenvalue weighted by atomic mass is 35.5. The zero-order valence-electron chi connectivity index (χ0n) is 13.9. The van der Waals surface area contributed by atoms with Crippen LogP contribution in [-0.4, -0.2) is 33.7 Å². The van der Waals surface area contributed by atoms with Crippen LogP contribution in [0.15, 0.2) is 53.4 Å². The van der Waals surface area contributed by atoms with Gasteiger partial charge in [0.15, 0.2) is 9.84 Å². The van der Waals surface area contributed by atoms with Gasteiger partial charge in [-0.3, -0.25) is 4.79 Å². The van der Waals surface area contributed by atoms with Gasteiger partial charge in [-0.2, -0.15) is 0 Å². The van der Waals surface area contributed by atoms with Crippen molar-refractivity contribution in [2.75, 3.05) is 19.4 Å². The number of halogens is 1. The molecule has 25 heavy (non-hydrogen) atoms. The monoisotopic (exact) mass is 381 g/mol. The van der Waals surface area contributed by atoms with Crippen LogP contribution in [0.2, 0.25) is 5.02 Å². The molecule has 1 amide bonds. The molecule has 2 aromatic rings. The Morgan fingerprint density at radius 1 is 1.12 bits per heavy atom. The number of nitrogens with one attached hydrogen (secondary N) is 1. The van der Waals surface area contributed by atoms with Crippen LogP contribution in [0.25, 0.3) is 0 Å². The molecule has 2 aromatic carbocycles. The van der Waals surface area contributed by atoms with Crippen LogP contribution in [-0.2, 0) is 21.1 Å². The molecular formula is C18H20ClNO4S. The normalized spacial score (nSPS) is 11.1. The Morgan fingerprint density at radius 3 is 2.44 bits per heavy atom.